The highest BCUT2D eigenvalue weighted by Gasteiger charge is 2.23. The molecule has 1 saturated heterocycles. The summed E-state index contributed by atoms with van der Waals surface area (Å²) in [6, 6.07) is 16.1. The summed E-state index contributed by atoms with van der Waals surface area (Å²) in [4.78, 5) is 15.1. The van der Waals surface area contributed by atoms with Crippen LogP contribution in [0.2, 0.25) is 0 Å². The van der Waals surface area contributed by atoms with E-state index < -0.39 is 0 Å². The largest absolute Gasteiger partial charge is 0.497 e. The van der Waals surface area contributed by atoms with Crippen molar-refractivity contribution in [2.75, 3.05) is 40.0 Å². The Labute approximate surface area is 174 Å². The van der Waals surface area contributed by atoms with Crippen molar-refractivity contribution in [3.8, 4) is 5.75 Å². The number of benzene rings is 2. The zero-order chi connectivity index (χ0) is 20.9. The summed E-state index contributed by atoms with van der Waals surface area (Å²) in [5.74, 6) is 0.787. The average Bonchev–Trinajstić information content (AvgIpc) is 2.74. The quantitative estimate of drug-likeness (QED) is 0.807. The third-order valence-corrected chi connectivity index (χ3v) is 5.46. The second kappa shape index (κ2) is 9.42. The smallest absolute Gasteiger partial charge is 0.251 e. The van der Waals surface area contributed by atoms with Gasteiger partial charge in [-0.3, -0.25) is 9.69 Å². The van der Waals surface area contributed by atoms with Crippen LogP contribution in [0, 0.1) is 0 Å². The van der Waals surface area contributed by atoms with Crippen molar-refractivity contribution >= 4 is 5.91 Å². The van der Waals surface area contributed by atoms with Crippen LogP contribution in [-0.2, 0) is 10.2 Å². The van der Waals surface area contributed by atoms with Gasteiger partial charge in [-0.25, -0.2) is 0 Å². The summed E-state index contributed by atoms with van der Waals surface area (Å²) >= 11 is 0. The first-order valence-corrected chi connectivity index (χ1v) is 10.2. The second-order valence-corrected chi connectivity index (χ2v) is 8.47. The number of ether oxygens (including phenoxy) is 2. The lowest BCUT2D eigenvalue weighted by Crippen LogP contribution is -2.43. The number of carbonyl (C=O) groups is 1. The van der Waals surface area contributed by atoms with Crippen LogP contribution >= 0.6 is 0 Å². The van der Waals surface area contributed by atoms with Gasteiger partial charge in [0.25, 0.3) is 5.91 Å². The summed E-state index contributed by atoms with van der Waals surface area (Å²) in [6.07, 6.45) is 0. The van der Waals surface area contributed by atoms with Crippen LogP contribution in [0.5, 0.6) is 5.75 Å². The molecule has 0 aromatic heterocycles. The summed E-state index contributed by atoms with van der Waals surface area (Å²) in [7, 11) is 1.67. The molecule has 1 heterocycles. The first-order chi connectivity index (χ1) is 13.9. The third-order valence-electron chi connectivity index (χ3n) is 5.46. The van der Waals surface area contributed by atoms with Gasteiger partial charge in [0.2, 0.25) is 0 Å². The number of hydrogen-bond acceptors (Lipinski definition) is 4. The lowest BCUT2D eigenvalue weighted by atomic mass is 9.87. The summed E-state index contributed by atoms with van der Waals surface area (Å²) in [6.45, 7) is 10.2. The van der Waals surface area contributed by atoms with E-state index in [0.29, 0.717) is 12.1 Å². The normalized spacial score (nSPS) is 16.3. The number of carbonyl (C=O) groups excluding carboxylic acids is 1. The van der Waals surface area contributed by atoms with Gasteiger partial charge in [0.05, 0.1) is 26.4 Å². The van der Waals surface area contributed by atoms with E-state index >= 15 is 0 Å². The average molecular weight is 397 g/mol. The standard InChI is InChI=1S/C24H32N2O3/c1-24(2,3)20-9-5-19(6-10-20)23(27)25-17-22(26-13-15-29-16-14-26)18-7-11-21(28-4)12-8-18/h5-12,22H,13-17H2,1-4H3,(H,25,27). The highest BCUT2D eigenvalue weighted by molar-refractivity contribution is 5.94. The summed E-state index contributed by atoms with van der Waals surface area (Å²) < 4.78 is 10.8. The van der Waals surface area contributed by atoms with Gasteiger partial charge in [-0.05, 0) is 40.8 Å². The molecule has 3 rings (SSSR count). The molecule has 1 aliphatic rings. The minimum Gasteiger partial charge on any atom is -0.497 e. The highest BCUT2D eigenvalue weighted by Crippen LogP contribution is 2.24. The van der Waals surface area contributed by atoms with Gasteiger partial charge in [0.15, 0.2) is 0 Å². The fourth-order valence-electron chi connectivity index (χ4n) is 3.59. The Kier molecular flexibility index (Phi) is 6.93. The molecular formula is C24H32N2O3. The van der Waals surface area contributed by atoms with Crippen LogP contribution < -0.4 is 10.1 Å². The van der Waals surface area contributed by atoms with Crippen LogP contribution in [0.3, 0.4) is 0 Å². The summed E-state index contributed by atoms with van der Waals surface area (Å²) in [5, 5.41) is 3.13. The van der Waals surface area contributed by atoms with E-state index in [9.17, 15) is 4.79 Å². The van der Waals surface area contributed by atoms with Gasteiger partial charge >= 0.3 is 0 Å². The van der Waals surface area contributed by atoms with Crippen molar-refractivity contribution in [3.63, 3.8) is 0 Å². The lowest BCUT2D eigenvalue weighted by molar-refractivity contribution is 0.0162. The van der Waals surface area contributed by atoms with Crippen molar-refractivity contribution in [2.45, 2.75) is 32.2 Å². The number of morpholine rings is 1. The highest BCUT2D eigenvalue weighted by atomic mass is 16.5. The molecule has 0 radical (unpaired) electrons. The van der Waals surface area contributed by atoms with Crippen LogP contribution in [0.25, 0.3) is 0 Å². The van der Waals surface area contributed by atoms with Gasteiger partial charge in [0.1, 0.15) is 5.75 Å². The summed E-state index contributed by atoms with van der Waals surface area (Å²) in [5.41, 5.74) is 3.15. The van der Waals surface area contributed by atoms with E-state index in [1.807, 2.05) is 36.4 Å². The number of hydrogen-bond donors (Lipinski definition) is 1. The van der Waals surface area contributed by atoms with Crippen molar-refractivity contribution in [1.29, 1.82) is 0 Å². The van der Waals surface area contributed by atoms with Crippen LogP contribution in [0.15, 0.2) is 48.5 Å². The van der Waals surface area contributed by atoms with Gasteiger partial charge in [0, 0.05) is 25.2 Å². The Balaban J connectivity index is 1.70. The van der Waals surface area contributed by atoms with E-state index in [1.54, 1.807) is 7.11 Å². The predicted octanol–water partition coefficient (Wildman–Crippen LogP) is 3.80. The molecule has 5 heteroatoms. The number of amides is 1. The Morgan fingerprint density at radius 3 is 2.24 bits per heavy atom. The number of nitrogens with zero attached hydrogens (tertiary/aromatic N) is 1. The molecule has 5 nitrogen and oxygen atoms in total. The first kappa shape index (κ1) is 21.3. The number of nitrogens with one attached hydrogen (secondary N) is 1. The van der Waals surface area contributed by atoms with Crippen LogP contribution in [0.1, 0.15) is 48.3 Å². The topological polar surface area (TPSA) is 50.8 Å². The van der Waals surface area contributed by atoms with Gasteiger partial charge in [-0.15, -0.1) is 0 Å². The van der Waals surface area contributed by atoms with E-state index in [1.165, 1.54) is 5.56 Å². The molecule has 0 bridgehead atoms. The molecule has 29 heavy (non-hydrogen) atoms. The molecule has 1 unspecified atom stereocenters. The number of rotatable bonds is 6. The molecule has 1 atom stereocenters. The molecular weight excluding hydrogens is 364 g/mol. The Morgan fingerprint density at radius 2 is 1.69 bits per heavy atom. The third kappa shape index (κ3) is 5.58. The van der Waals surface area contributed by atoms with Crippen molar-refractivity contribution in [1.82, 2.24) is 10.2 Å². The molecule has 156 valence electrons. The van der Waals surface area contributed by atoms with Crippen LogP contribution in [-0.4, -0.2) is 50.8 Å². The monoisotopic (exact) mass is 396 g/mol. The van der Waals surface area contributed by atoms with E-state index in [0.717, 1.165) is 37.6 Å². The fourth-order valence-corrected chi connectivity index (χ4v) is 3.59. The van der Waals surface area contributed by atoms with E-state index in [2.05, 4.69) is 43.1 Å². The van der Waals surface area contributed by atoms with Crippen molar-refractivity contribution in [3.05, 3.63) is 65.2 Å². The zero-order valence-corrected chi connectivity index (χ0v) is 17.9. The Morgan fingerprint density at radius 1 is 1.07 bits per heavy atom. The molecule has 1 fully saturated rings. The Hall–Kier alpha value is -2.37. The molecule has 0 saturated carbocycles. The molecule has 0 aliphatic carbocycles. The first-order valence-electron chi connectivity index (χ1n) is 10.2. The lowest BCUT2D eigenvalue weighted by Gasteiger charge is -2.35. The van der Waals surface area contributed by atoms with Gasteiger partial charge < -0.3 is 14.8 Å². The van der Waals surface area contributed by atoms with Crippen molar-refractivity contribution < 1.29 is 14.3 Å². The second-order valence-electron chi connectivity index (χ2n) is 8.47. The van der Waals surface area contributed by atoms with Crippen LogP contribution in [0.4, 0.5) is 0 Å². The number of methoxy groups -OCH3 is 1. The molecule has 1 aliphatic heterocycles. The zero-order valence-electron chi connectivity index (χ0n) is 17.9. The predicted molar refractivity (Wildman–Crippen MR) is 116 cm³/mol. The molecule has 2 aromatic carbocycles. The van der Waals surface area contributed by atoms with Gasteiger partial charge in [-0.1, -0.05) is 45.0 Å². The fraction of sp³-hybridized carbons (Fsp3) is 0.458. The SMILES string of the molecule is COc1ccc(C(CNC(=O)c2ccc(C(C)(C)C)cc2)N2CCOCC2)cc1. The molecule has 1 N–H and O–H groups in total. The van der Waals surface area contributed by atoms with Gasteiger partial charge in [-0.2, -0.15) is 0 Å². The minimum atomic E-state index is -0.0442. The van der Waals surface area contributed by atoms with E-state index in [-0.39, 0.29) is 17.4 Å². The minimum absolute atomic E-state index is 0.0442. The molecule has 1 amide bonds. The molecule has 2 aromatic rings. The van der Waals surface area contributed by atoms with E-state index in [4.69, 9.17) is 9.47 Å². The molecule has 0 spiro atoms. The Bertz CT molecular complexity index is 788. The maximum atomic E-state index is 12.8. The maximum Gasteiger partial charge on any atom is 0.251 e. The van der Waals surface area contributed by atoms with Crippen molar-refractivity contribution in [2.24, 2.45) is 0 Å². The maximum absolute atomic E-state index is 12.8.